The molecule has 0 saturated carbocycles. The van der Waals surface area contributed by atoms with Crippen molar-refractivity contribution in [2.75, 3.05) is 13.7 Å². The van der Waals surface area contributed by atoms with Crippen LogP contribution in [0.25, 0.3) is 0 Å². The Morgan fingerprint density at radius 2 is 1.48 bits per heavy atom. The van der Waals surface area contributed by atoms with Gasteiger partial charge >= 0.3 is 0 Å². The van der Waals surface area contributed by atoms with Gasteiger partial charge in [-0.3, -0.25) is 0 Å². The van der Waals surface area contributed by atoms with E-state index < -0.39 is 0 Å². The molecular formula is C24H27NO2. The summed E-state index contributed by atoms with van der Waals surface area (Å²) in [6.45, 7) is 4.49. The number of nitrogens with one attached hydrogen (secondary N) is 1. The van der Waals surface area contributed by atoms with Gasteiger partial charge in [0.1, 0.15) is 18.1 Å². The zero-order valence-corrected chi connectivity index (χ0v) is 16.1. The fourth-order valence-electron chi connectivity index (χ4n) is 2.93. The Kier molecular flexibility index (Phi) is 6.89. The molecule has 0 aromatic heterocycles. The third kappa shape index (κ3) is 6.15. The topological polar surface area (TPSA) is 30.5 Å². The van der Waals surface area contributed by atoms with Crippen molar-refractivity contribution >= 4 is 0 Å². The van der Waals surface area contributed by atoms with Crippen LogP contribution in [0.5, 0.6) is 11.5 Å². The van der Waals surface area contributed by atoms with E-state index >= 15 is 0 Å². The van der Waals surface area contributed by atoms with E-state index in [9.17, 15) is 0 Å². The van der Waals surface area contributed by atoms with Crippen molar-refractivity contribution in [3.63, 3.8) is 0 Å². The summed E-state index contributed by atoms with van der Waals surface area (Å²) in [7, 11) is 1.69. The first-order chi connectivity index (χ1) is 13.2. The van der Waals surface area contributed by atoms with Crippen LogP contribution in [-0.4, -0.2) is 13.7 Å². The van der Waals surface area contributed by atoms with E-state index in [1.807, 2.05) is 24.3 Å². The van der Waals surface area contributed by atoms with Crippen LogP contribution in [-0.2, 0) is 19.6 Å². The SMILES string of the molecule is COc1ccc(CCNCc2ccc(OCc3cccc(C)c3)cc2)cc1. The van der Waals surface area contributed by atoms with E-state index in [2.05, 4.69) is 60.8 Å². The van der Waals surface area contributed by atoms with E-state index in [0.717, 1.165) is 31.0 Å². The second-order valence-electron chi connectivity index (χ2n) is 6.70. The Morgan fingerprint density at radius 3 is 2.19 bits per heavy atom. The number of rotatable bonds is 9. The van der Waals surface area contributed by atoms with Gasteiger partial charge in [0.05, 0.1) is 7.11 Å². The van der Waals surface area contributed by atoms with Crippen LogP contribution < -0.4 is 14.8 Å². The molecule has 0 heterocycles. The van der Waals surface area contributed by atoms with E-state index in [4.69, 9.17) is 9.47 Å². The van der Waals surface area contributed by atoms with E-state index in [0.29, 0.717) is 6.61 Å². The molecule has 27 heavy (non-hydrogen) atoms. The van der Waals surface area contributed by atoms with Crippen LogP contribution in [0, 0.1) is 6.92 Å². The number of methoxy groups -OCH3 is 1. The fourth-order valence-corrected chi connectivity index (χ4v) is 2.93. The summed E-state index contributed by atoms with van der Waals surface area (Å²) < 4.78 is 11.1. The van der Waals surface area contributed by atoms with Gasteiger partial charge < -0.3 is 14.8 Å². The highest BCUT2D eigenvalue weighted by molar-refractivity contribution is 5.29. The van der Waals surface area contributed by atoms with Gasteiger partial charge in [0.25, 0.3) is 0 Å². The monoisotopic (exact) mass is 361 g/mol. The molecule has 140 valence electrons. The molecule has 0 aliphatic carbocycles. The maximum atomic E-state index is 5.87. The van der Waals surface area contributed by atoms with Crippen LogP contribution in [0.4, 0.5) is 0 Å². The van der Waals surface area contributed by atoms with Crippen LogP contribution in [0.3, 0.4) is 0 Å². The lowest BCUT2D eigenvalue weighted by Crippen LogP contribution is -2.16. The van der Waals surface area contributed by atoms with Gasteiger partial charge in [-0.15, -0.1) is 0 Å². The Morgan fingerprint density at radius 1 is 0.778 bits per heavy atom. The second kappa shape index (κ2) is 9.79. The zero-order chi connectivity index (χ0) is 18.9. The number of aryl methyl sites for hydroxylation is 1. The summed E-state index contributed by atoms with van der Waals surface area (Å²) >= 11 is 0. The van der Waals surface area contributed by atoms with Crippen molar-refractivity contribution < 1.29 is 9.47 Å². The van der Waals surface area contributed by atoms with Crippen LogP contribution in [0.1, 0.15) is 22.3 Å². The largest absolute Gasteiger partial charge is 0.497 e. The molecule has 0 unspecified atom stereocenters. The standard InChI is InChI=1S/C24H27NO2/c1-19-4-3-5-22(16-19)18-27-24-12-8-21(9-13-24)17-25-15-14-20-6-10-23(26-2)11-7-20/h3-13,16,25H,14-15,17-18H2,1-2H3. The van der Waals surface area contributed by atoms with Gasteiger partial charge in [0, 0.05) is 6.54 Å². The molecule has 3 rings (SSSR count). The molecule has 0 radical (unpaired) electrons. The molecule has 3 aromatic rings. The minimum absolute atomic E-state index is 0.598. The normalized spacial score (nSPS) is 10.6. The number of hydrogen-bond donors (Lipinski definition) is 1. The molecule has 0 aliphatic rings. The summed E-state index contributed by atoms with van der Waals surface area (Å²) in [5.74, 6) is 1.80. The lowest BCUT2D eigenvalue weighted by molar-refractivity contribution is 0.306. The maximum absolute atomic E-state index is 5.87. The first-order valence-electron chi connectivity index (χ1n) is 9.34. The highest BCUT2D eigenvalue weighted by atomic mass is 16.5. The molecule has 3 aromatic carbocycles. The van der Waals surface area contributed by atoms with Gasteiger partial charge in [0.2, 0.25) is 0 Å². The molecule has 1 N–H and O–H groups in total. The predicted octanol–water partition coefficient (Wildman–Crippen LogP) is 4.91. The summed E-state index contributed by atoms with van der Waals surface area (Å²) in [5, 5.41) is 3.49. The molecule has 0 bridgehead atoms. The van der Waals surface area contributed by atoms with Crippen molar-refractivity contribution in [2.45, 2.75) is 26.5 Å². The Balaban J connectivity index is 1.39. The second-order valence-corrected chi connectivity index (χ2v) is 6.70. The Hall–Kier alpha value is -2.78. The molecule has 3 heteroatoms. The van der Waals surface area contributed by atoms with E-state index in [1.165, 1.54) is 22.3 Å². The molecule has 0 saturated heterocycles. The quantitative estimate of drug-likeness (QED) is 0.549. The van der Waals surface area contributed by atoms with Crippen LogP contribution >= 0.6 is 0 Å². The molecule has 0 spiro atoms. The van der Waals surface area contributed by atoms with Crippen molar-refractivity contribution in [3.8, 4) is 11.5 Å². The smallest absolute Gasteiger partial charge is 0.119 e. The highest BCUT2D eigenvalue weighted by Crippen LogP contribution is 2.15. The number of hydrogen-bond acceptors (Lipinski definition) is 3. The highest BCUT2D eigenvalue weighted by Gasteiger charge is 1.99. The third-order valence-electron chi connectivity index (χ3n) is 4.49. The number of benzene rings is 3. The average molecular weight is 361 g/mol. The minimum Gasteiger partial charge on any atom is -0.497 e. The average Bonchev–Trinajstić information content (AvgIpc) is 2.71. The van der Waals surface area contributed by atoms with Crippen molar-refractivity contribution in [3.05, 3.63) is 95.1 Å². The van der Waals surface area contributed by atoms with Gasteiger partial charge in [0.15, 0.2) is 0 Å². The Bertz CT molecular complexity index is 826. The van der Waals surface area contributed by atoms with Crippen LogP contribution in [0.15, 0.2) is 72.8 Å². The molecule has 0 amide bonds. The van der Waals surface area contributed by atoms with Gasteiger partial charge in [-0.25, -0.2) is 0 Å². The Labute approximate surface area is 162 Å². The first-order valence-corrected chi connectivity index (χ1v) is 9.34. The summed E-state index contributed by atoms with van der Waals surface area (Å²) in [6.07, 6.45) is 1.00. The third-order valence-corrected chi connectivity index (χ3v) is 4.49. The van der Waals surface area contributed by atoms with Gasteiger partial charge in [-0.05, 0) is 60.8 Å². The molecule has 0 fully saturated rings. The van der Waals surface area contributed by atoms with E-state index in [-0.39, 0.29) is 0 Å². The predicted molar refractivity (Wildman–Crippen MR) is 110 cm³/mol. The van der Waals surface area contributed by atoms with Crippen molar-refractivity contribution in [1.29, 1.82) is 0 Å². The molecule has 0 atom stereocenters. The lowest BCUT2D eigenvalue weighted by Gasteiger charge is -2.09. The molecule has 0 aliphatic heterocycles. The molecular weight excluding hydrogens is 334 g/mol. The van der Waals surface area contributed by atoms with Gasteiger partial charge in [-0.1, -0.05) is 54.1 Å². The minimum atomic E-state index is 0.598. The summed E-state index contributed by atoms with van der Waals surface area (Å²) in [6, 6.07) is 25.0. The van der Waals surface area contributed by atoms with E-state index in [1.54, 1.807) is 7.11 Å². The van der Waals surface area contributed by atoms with Crippen molar-refractivity contribution in [1.82, 2.24) is 5.32 Å². The first kappa shape index (κ1) is 19.0. The maximum Gasteiger partial charge on any atom is 0.119 e. The van der Waals surface area contributed by atoms with Crippen LogP contribution in [0.2, 0.25) is 0 Å². The fraction of sp³-hybridized carbons (Fsp3) is 0.250. The number of ether oxygens (including phenoxy) is 2. The lowest BCUT2D eigenvalue weighted by atomic mass is 10.1. The molecule has 3 nitrogen and oxygen atoms in total. The van der Waals surface area contributed by atoms with Crippen molar-refractivity contribution in [2.24, 2.45) is 0 Å². The zero-order valence-electron chi connectivity index (χ0n) is 16.1. The van der Waals surface area contributed by atoms with Gasteiger partial charge in [-0.2, -0.15) is 0 Å². The summed E-state index contributed by atoms with van der Waals surface area (Å²) in [4.78, 5) is 0. The summed E-state index contributed by atoms with van der Waals surface area (Å²) in [5.41, 5.74) is 5.02.